The van der Waals surface area contributed by atoms with E-state index < -0.39 is 36.0 Å². The maximum atomic E-state index is 13.8. The van der Waals surface area contributed by atoms with Gasteiger partial charge in [0.15, 0.2) is 5.60 Å². The monoisotopic (exact) mass is 412 g/mol. The molecule has 3 aromatic rings. The highest BCUT2D eigenvalue weighted by Gasteiger charge is 2.46. The number of aliphatic hydroxyl groups is 1. The summed E-state index contributed by atoms with van der Waals surface area (Å²) in [5.41, 5.74) is 0.740. The minimum absolute atomic E-state index is 0.0553. The number of hydrogen-bond acceptors (Lipinski definition) is 5. The fourth-order valence-corrected chi connectivity index (χ4v) is 4.58. The van der Waals surface area contributed by atoms with Crippen molar-refractivity contribution >= 4 is 16.9 Å². The highest BCUT2D eigenvalue weighted by atomic mass is 19.1. The van der Waals surface area contributed by atoms with Gasteiger partial charge in [0.25, 0.3) is 5.56 Å². The highest BCUT2D eigenvalue weighted by molar-refractivity contribution is 5.89. The maximum absolute atomic E-state index is 13.8. The number of aryl methyl sites for hydroxylation is 1. The first-order chi connectivity index (χ1) is 14.4. The Labute approximate surface area is 169 Å². The summed E-state index contributed by atoms with van der Waals surface area (Å²) in [6.45, 7) is 1.01. The van der Waals surface area contributed by atoms with Crippen LogP contribution in [0.3, 0.4) is 0 Å². The molecule has 1 atom stereocenters. The Morgan fingerprint density at radius 2 is 2.07 bits per heavy atom. The molecule has 30 heavy (non-hydrogen) atoms. The van der Waals surface area contributed by atoms with Crippen LogP contribution in [0.25, 0.3) is 22.3 Å². The van der Waals surface area contributed by atoms with Gasteiger partial charge in [0.1, 0.15) is 12.4 Å². The van der Waals surface area contributed by atoms with E-state index in [1.807, 2.05) is 6.92 Å². The van der Waals surface area contributed by atoms with Gasteiger partial charge in [0, 0.05) is 29.0 Å². The van der Waals surface area contributed by atoms with Gasteiger partial charge < -0.3 is 14.4 Å². The lowest BCUT2D eigenvalue weighted by molar-refractivity contribution is -0.173. The number of pyridine rings is 2. The van der Waals surface area contributed by atoms with Crippen molar-refractivity contribution in [2.75, 3.05) is 6.67 Å². The van der Waals surface area contributed by atoms with Gasteiger partial charge in [-0.1, -0.05) is 6.92 Å². The van der Waals surface area contributed by atoms with Gasteiger partial charge in [-0.3, -0.25) is 9.18 Å². The fourth-order valence-electron chi connectivity index (χ4n) is 4.58. The molecular weight excluding hydrogens is 394 g/mol. The van der Waals surface area contributed by atoms with Crippen molar-refractivity contribution in [1.29, 1.82) is 0 Å². The van der Waals surface area contributed by atoms with Crippen LogP contribution in [0.4, 0.5) is 8.78 Å². The highest BCUT2D eigenvalue weighted by Crippen LogP contribution is 2.40. The second-order valence-corrected chi connectivity index (χ2v) is 7.62. The van der Waals surface area contributed by atoms with E-state index in [-0.39, 0.29) is 24.3 Å². The van der Waals surface area contributed by atoms with Crippen LogP contribution in [-0.4, -0.2) is 27.3 Å². The number of aromatic nitrogens is 2. The zero-order chi connectivity index (χ0) is 21.2. The van der Waals surface area contributed by atoms with Crippen molar-refractivity contribution in [2.45, 2.75) is 38.5 Å². The quantitative estimate of drug-likeness (QED) is 0.524. The van der Waals surface area contributed by atoms with Crippen LogP contribution in [0.1, 0.15) is 35.6 Å². The Bertz CT molecular complexity index is 1300. The standard InChI is InChI=1S/C22H18F2N2O4/c1-2-12-13-4-3-11(24)7-17(13)25-19-14(12)9-26-18(19)8-16-15(20(26)27)10-30-21(28)22(16,29)5-6-23/h3-4,7-8,29H,2,5-6,9-10H2,1H3. The number of benzene rings is 1. The van der Waals surface area contributed by atoms with E-state index in [2.05, 4.69) is 4.98 Å². The molecule has 5 rings (SSSR count). The molecule has 0 spiro atoms. The Morgan fingerprint density at radius 1 is 1.27 bits per heavy atom. The zero-order valence-electron chi connectivity index (χ0n) is 16.2. The SMILES string of the molecule is CCc1c2c(nc3cc(F)ccc13)-c1cc3c(c(=O)n1C2)COC(=O)C3(O)CCF. The van der Waals surface area contributed by atoms with Crippen LogP contribution in [-0.2, 0) is 34.7 Å². The van der Waals surface area contributed by atoms with Crippen molar-refractivity contribution in [3.8, 4) is 11.4 Å². The zero-order valence-corrected chi connectivity index (χ0v) is 16.2. The minimum atomic E-state index is -2.23. The number of ether oxygens (including phenoxy) is 1. The first kappa shape index (κ1) is 18.9. The molecule has 8 heteroatoms. The number of carbonyl (C=O) groups excluding carboxylic acids is 1. The normalized spacial score (nSPS) is 19.4. The summed E-state index contributed by atoms with van der Waals surface area (Å²) in [5, 5.41) is 11.7. The molecule has 1 unspecified atom stereocenters. The maximum Gasteiger partial charge on any atom is 0.343 e. The van der Waals surface area contributed by atoms with Crippen molar-refractivity contribution < 1.29 is 23.4 Å². The summed E-state index contributed by atoms with van der Waals surface area (Å²) in [6, 6.07) is 5.92. The van der Waals surface area contributed by atoms with Gasteiger partial charge >= 0.3 is 5.97 Å². The van der Waals surface area contributed by atoms with E-state index >= 15 is 0 Å². The van der Waals surface area contributed by atoms with E-state index in [1.54, 1.807) is 6.07 Å². The van der Waals surface area contributed by atoms with Crippen LogP contribution < -0.4 is 5.56 Å². The van der Waals surface area contributed by atoms with Crippen LogP contribution in [0.2, 0.25) is 0 Å². The second kappa shape index (κ2) is 6.43. The predicted octanol–water partition coefficient (Wildman–Crippen LogP) is 2.73. The lowest BCUT2D eigenvalue weighted by Crippen LogP contribution is -2.45. The number of halogens is 2. The van der Waals surface area contributed by atoms with Crippen molar-refractivity contribution in [2.24, 2.45) is 0 Å². The van der Waals surface area contributed by atoms with E-state index in [1.165, 1.54) is 22.8 Å². The van der Waals surface area contributed by atoms with E-state index in [9.17, 15) is 23.5 Å². The Balaban J connectivity index is 1.82. The number of alkyl halides is 1. The Morgan fingerprint density at radius 3 is 2.80 bits per heavy atom. The molecule has 2 aromatic heterocycles. The number of hydrogen-bond donors (Lipinski definition) is 1. The third-order valence-electron chi connectivity index (χ3n) is 6.07. The number of cyclic esters (lactones) is 1. The van der Waals surface area contributed by atoms with Gasteiger partial charge in [-0.05, 0) is 30.2 Å². The third kappa shape index (κ3) is 2.40. The first-order valence-corrected chi connectivity index (χ1v) is 9.73. The lowest BCUT2D eigenvalue weighted by Gasteiger charge is -2.31. The topological polar surface area (TPSA) is 81.4 Å². The summed E-state index contributed by atoms with van der Waals surface area (Å²) >= 11 is 0. The van der Waals surface area contributed by atoms with Crippen LogP contribution in [0.15, 0.2) is 29.1 Å². The molecule has 0 fully saturated rings. The molecule has 0 saturated heterocycles. The smallest absolute Gasteiger partial charge is 0.343 e. The summed E-state index contributed by atoms with van der Waals surface area (Å²) in [5.74, 6) is -1.39. The number of nitrogens with zero attached hydrogens (tertiary/aromatic N) is 2. The fraction of sp³-hybridized carbons (Fsp3) is 0.318. The summed E-state index contributed by atoms with van der Waals surface area (Å²) in [7, 11) is 0. The molecule has 2 aliphatic rings. The van der Waals surface area contributed by atoms with Crippen molar-refractivity contribution in [3.63, 3.8) is 0 Å². The minimum Gasteiger partial charge on any atom is -0.458 e. The van der Waals surface area contributed by atoms with Crippen molar-refractivity contribution in [1.82, 2.24) is 9.55 Å². The molecule has 0 radical (unpaired) electrons. The van der Waals surface area contributed by atoms with Crippen LogP contribution in [0.5, 0.6) is 0 Å². The molecule has 2 aliphatic heterocycles. The average molecular weight is 412 g/mol. The molecule has 154 valence electrons. The lowest BCUT2D eigenvalue weighted by atomic mass is 9.85. The molecular formula is C22H18F2N2O4. The van der Waals surface area contributed by atoms with Gasteiger partial charge in [-0.15, -0.1) is 0 Å². The first-order valence-electron chi connectivity index (χ1n) is 9.73. The predicted molar refractivity (Wildman–Crippen MR) is 104 cm³/mol. The molecule has 0 saturated carbocycles. The molecule has 6 nitrogen and oxygen atoms in total. The van der Waals surface area contributed by atoms with E-state index in [0.717, 1.165) is 16.5 Å². The largest absolute Gasteiger partial charge is 0.458 e. The molecule has 1 aromatic carbocycles. The molecule has 0 bridgehead atoms. The Kier molecular flexibility index (Phi) is 4.05. The summed E-state index contributed by atoms with van der Waals surface area (Å²) in [4.78, 5) is 30.0. The van der Waals surface area contributed by atoms with Crippen LogP contribution >= 0.6 is 0 Å². The van der Waals surface area contributed by atoms with Crippen LogP contribution in [0, 0.1) is 5.82 Å². The van der Waals surface area contributed by atoms with Crippen molar-refractivity contribution in [3.05, 3.63) is 62.7 Å². The average Bonchev–Trinajstić information content (AvgIpc) is 3.08. The molecule has 1 N–H and O–H groups in total. The Hall–Kier alpha value is -3.13. The van der Waals surface area contributed by atoms with E-state index in [0.29, 0.717) is 23.3 Å². The summed E-state index contributed by atoms with van der Waals surface area (Å²) in [6.07, 6.45) is 0.147. The second-order valence-electron chi connectivity index (χ2n) is 7.62. The molecule has 0 aliphatic carbocycles. The van der Waals surface area contributed by atoms with E-state index in [4.69, 9.17) is 4.74 Å². The van der Waals surface area contributed by atoms with Gasteiger partial charge in [-0.2, -0.15) is 0 Å². The molecule has 4 heterocycles. The van der Waals surface area contributed by atoms with Gasteiger partial charge in [0.05, 0.1) is 35.7 Å². The number of fused-ring (bicyclic) bond motifs is 5. The summed E-state index contributed by atoms with van der Waals surface area (Å²) < 4.78 is 33.4. The third-order valence-corrected chi connectivity index (χ3v) is 6.07. The van der Waals surface area contributed by atoms with Gasteiger partial charge in [-0.25, -0.2) is 14.2 Å². The molecule has 0 amide bonds. The van der Waals surface area contributed by atoms with Gasteiger partial charge in [0.2, 0.25) is 0 Å². The number of carbonyl (C=O) groups is 1. The number of esters is 1. The number of rotatable bonds is 3.